The van der Waals surface area contributed by atoms with Crippen molar-refractivity contribution in [2.45, 2.75) is 31.2 Å². The van der Waals surface area contributed by atoms with Crippen LogP contribution >= 0.6 is 11.3 Å². The molecular weight excluding hydrogens is 296 g/mol. The van der Waals surface area contributed by atoms with Gasteiger partial charge in [0.1, 0.15) is 0 Å². The number of rotatable bonds is 7. The van der Waals surface area contributed by atoms with Crippen LogP contribution in [0.4, 0.5) is 0 Å². The number of ether oxygens (including phenoxy) is 1. The molecule has 2 rings (SSSR count). The van der Waals surface area contributed by atoms with Crippen LogP contribution in [-0.4, -0.2) is 35.2 Å². The Labute approximate surface area is 124 Å². The quantitative estimate of drug-likeness (QED) is 0.799. The van der Waals surface area contributed by atoms with Gasteiger partial charge in [0.05, 0.1) is 4.90 Å². The minimum absolute atomic E-state index is 0.412. The molecule has 0 spiro atoms. The molecule has 1 saturated heterocycles. The van der Waals surface area contributed by atoms with Crippen LogP contribution in [0.2, 0.25) is 0 Å². The summed E-state index contributed by atoms with van der Waals surface area (Å²) in [6.07, 6.45) is 1.87. The fourth-order valence-electron chi connectivity index (χ4n) is 2.34. The van der Waals surface area contributed by atoms with E-state index in [2.05, 4.69) is 10.0 Å². The average Bonchev–Trinajstić information content (AvgIpc) is 2.99. The first-order chi connectivity index (χ1) is 9.53. The molecule has 1 aromatic heterocycles. The Morgan fingerprint density at radius 2 is 2.30 bits per heavy atom. The molecule has 0 aliphatic carbocycles. The maximum absolute atomic E-state index is 12.3. The smallest absolute Gasteiger partial charge is 0.241 e. The third-order valence-corrected chi connectivity index (χ3v) is 6.20. The molecule has 1 aliphatic rings. The second-order valence-corrected chi connectivity index (χ2v) is 8.16. The Hall–Kier alpha value is -0.470. The van der Waals surface area contributed by atoms with E-state index in [4.69, 9.17) is 4.74 Å². The Morgan fingerprint density at radius 1 is 1.50 bits per heavy atom. The van der Waals surface area contributed by atoms with Crippen LogP contribution in [0.5, 0.6) is 0 Å². The van der Waals surface area contributed by atoms with Gasteiger partial charge in [-0.2, -0.15) is 0 Å². The highest BCUT2D eigenvalue weighted by Crippen LogP contribution is 2.25. The molecule has 2 N–H and O–H groups in total. The van der Waals surface area contributed by atoms with Crippen LogP contribution < -0.4 is 10.0 Å². The Kier molecular flexibility index (Phi) is 5.57. The van der Waals surface area contributed by atoms with Gasteiger partial charge in [0.15, 0.2) is 0 Å². The van der Waals surface area contributed by atoms with E-state index < -0.39 is 10.0 Å². The number of hydrogen-bond acceptors (Lipinski definition) is 5. The summed E-state index contributed by atoms with van der Waals surface area (Å²) in [5.41, 5.74) is 0. The number of nitrogens with one attached hydrogen (secondary N) is 2. The van der Waals surface area contributed by atoms with Gasteiger partial charge < -0.3 is 10.1 Å². The van der Waals surface area contributed by atoms with Gasteiger partial charge in [-0.05, 0) is 38.8 Å². The third kappa shape index (κ3) is 4.02. The maximum Gasteiger partial charge on any atom is 0.241 e. The van der Waals surface area contributed by atoms with Crippen molar-refractivity contribution in [2.75, 3.05) is 26.8 Å². The molecule has 1 unspecified atom stereocenters. The summed E-state index contributed by atoms with van der Waals surface area (Å²) in [6.45, 7) is 4.58. The van der Waals surface area contributed by atoms with Crippen LogP contribution in [0.3, 0.4) is 0 Å². The lowest BCUT2D eigenvalue weighted by Crippen LogP contribution is -2.26. The minimum atomic E-state index is -3.39. The summed E-state index contributed by atoms with van der Waals surface area (Å²) in [6, 6.07) is 1.76. The fourth-order valence-corrected chi connectivity index (χ4v) is 5.03. The van der Waals surface area contributed by atoms with E-state index in [1.165, 1.54) is 11.3 Å². The second kappa shape index (κ2) is 7.00. The van der Waals surface area contributed by atoms with Crippen LogP contribution in [0.1, 0.15) is 22.6 Å². The van der Waals surface area contributed by atoms with Crippen molar-refractivity contribution in [3.05, 3.63) is 15.8 Å². The predicted octanol–water partition coefficient (Wildman–Crippen LogP) is 1.48. The third-order valence-electron chi connectivity index (χ3n) is 3.43. The number of aryl methyl sites for hydroxylation is 1. The molecule has 114 valence electrons. The molecule has 5 nitrogen and oxygen atoms in total. The number of sulfonamides is 1. The molecule has 2 heterocycles. The molecule has 7 heteroatoms. The predicted molar refractivity (Wildman–Crippen MR) is 80.6 cm³/mol. The monoisotopic (exact) mass is 318 g/mol. The van der Waals surface area contributed by atoms with Crippen molar-refractivity contribution in [2.24, 2.45) is 5.92 Å². The van der Waals surface area contributed by atoms with Gasteiger partial charge >= 0.3 is 0 Å². The first-order valence-corrected chi connectivity index (χ1v) is 9.14. The summed E-state index contributed by atoms with van der Waals surface area (Å²) < 4.78 is 32.6. The number of thiophene rings is 1. The zero-order chi connectivity index (χ0) is 14.6. The van der Waals surface area contributed by atoms with Crippen molar-refractivity contribution in [1.82, 2.24) is 10.0 Å². The van der Waals surface area contributed by atoms with E-state index in [-0.39, 0.29) is 0 Å². The van der Waals surface area contributed by atoms with E-state index >= 15 is 0 Å². The van der Waals surface area contributed by atoms with Crippen molar-refractivity contribution in [3.63, 3.8) is 0 Å². The van der Waals surface area contributed by atoms with Gasteiger partial charge in [-0.3, -0.25) is 0 Å². The lowest BCUT2D eigenvalue weighted by Gasteiger charge is -2.09. The zero-order valence-corrected chi connectivity index (χ0v) is 13.6. The Balaban J connectivity index is 1.94. The molecule has 0 saturated carbocycles. The summed E-state index contributed by atoms with van der Waals surface area (Å²) in [7, 11) is -1.54. The highest BCUT2D eigenvalue weighted by atomic mass is 32.2. The second-order valence-electron chi connectivity index (χ2n) is 5.08. The molecule has 1 aromatic rings. The zero-order valence-electron chi connectivity index (χ0n) is 11.9. The summed E-state index contributed by atoms with van der Waals surface area (Å²) in [5, 5.41) is 3.04. The first kappa shape index (κ1) is 15.9. The normalized spacial score (nSPS) is 19.6. The molecule has 0 aromatic carbocycles. The van der Waals surface area contributed by atoms with Gasteiger partial charge in [-0.25, -0.2) is 13.1 Å². The molecule has 1 fully saturated rings. The van der Waals surface area contributed by atoms with Gasteiger partial charge in [-0.15, -0.1) is 11.3 Å². The van der Waals surface area contributed by atoms with Crippen molar-refractivity contribution in [1.29, 1.82) is 0 Å². The lowest BCUT2D eigenvalue weighted by atomic mass is 10.1. The van der Waals surface area contributed by atoms with Crippen LogP contribution in [0.25, 0.3) is 0 Å². The Morgan fingerprint density at radius 3 is 2.95 bits per heavy atom. The molecule has 20 heavy (non-hydrogen) atoms. The molecule has 1 atom stereocenters. The molecule has 0 radical (unpaired) electrons. The standard InChI is InChI=1S/C13H22N2O3S2/c1-10-13(7-12(19-10)8-14-2)20(16,17)15-5-3-11-4-6-18-9-11/h7,11,14-15H,3-6,8-9H2,1-2H3. The van der Waals surface area contributed by atoms with Gasteiger partial charge in [0.2, 0.25) is 10.0 Å². The van der Waals surface area contributed by atoms with Crippen molar-refractivity contribution < 1.29 is 13.2 Å². The van der Waals surface area contributed by atoms with Gasteiger partial charge in [0.25, 0.3) is 0 Å². The van der Waals surface area contributed by atoms with E-state index in [9.17, 15) is 8.42 Å². The SMILES string of the molecule is CNCc1cc(S(=O)(=O)NCCC2CCOC2)c(C)s1. The minimum Gasteiger partial charge on any atom is -0.381 e. The summed E-state index contributed by atoms with van der Waals surface area (Å²) in [5.74, 6) is 0.487. The highest BCUT2D eigenvalue weighted by Gasteiger charge is 2.21. The Bertz CT molecular complexity index is 534. The van der Waals surface area contributed by atoms with Crippen molar-refractivity contribution in [3.8, 4) is 0 Å². The average molecular weight is 318 g/mol. The van der Waals surface area contributed by atoms with Gasteiger partial charge in [0, 0.05) is 36.1 Å². The van der Waals surface area contributed by atoms with E-state index in [0.717, 1.165) is 35.8 Å². The van der Waals surface area contributed by atoms with Gasteiger partial charge in [-0.1, -0.05) is 0 Å². The maximum atomic E-state index is 12.3. The van der Waals surface area contributed by atoms with Crippen LogP contribution in [-0.2, 0) is 21.3 Å². The largest absolute Gasteiger partial charge is 0.381 e. The topological polar surface area (TPSA) is 67.4 Å². The molecule has 0 bridgehead atoms. The number of hydrogen-bond donors (Lipinski definition) is 2. The first-order valence-electron chi connectivity index (χ1n) is 6.84. The van der Waals surface area contributed by atoms with Crippen LogP contribution in [0.15, 0.2) is 11.0 Å². The van der Waals surface area contributed by atoms with E-state index in [0.29, 0.717) is 23.9 Å². The molecule has 1 aliphatic heterocycles. The fraction of sp³-hybridized carbons (Fsp3) is 0.692. The summed E-state index contributed by atoms with van der Waals surface area (Å²) in [4.78, 5) is 2.29. The molecule has 0 amide bonds. The van der Waals surface area contributed by atoms with E-state index in [1.54, 1.807) is 6.07 Å². The van der Waals surface area contributed by atoms with Crippen LogP contribution in [0, 0.1) is 12.8 Å². The lowest BCUT2D eigenvalue weighted by molar-refractivity contribution is 0.184. The molecular formula is C13H22N2O3S2. The van der Waals surface area contributed by atoms with E-state index in [1.807, 2.05) is 14.0 Å². The summed E-state index contributed by atoms with van der Waals surface area (Å²) >= 11 is 1.52. The highest BCUT2D eigenvalue weighted by molar-refractivity contribution is 7.89. The van der Waals surface area contributed by atoms with Crippen molar-refractivity contribution >= 4 is 21.4 Å².